The van der Waals surface area contributed by atoms with Crippen LogP contribution in [0.15, 0.2) is 18.2 Å². The van der Waals surface area contributed by atoms with Gasteiger partial charge in [0.15, 0.2) is 7.28 Å². The van der Waals surface area contributed by atoms with Crippen molar-refractivity contribution >= 4 is 12.9 Å². The summed E-state index contributed by atoms with van der Waals surface area (Å²) in [6.45, 7) is 4.13. The lowest BCUT2D eigenvalue weighted by atomic mass is 9.77. The van der Waals surface area contributed by atoms with E-state index in [0.29, 0.717) is 0 Å². The molecule has 0 bridgehead atoms. The minimum absolute atomic E-state index is 1.03. The number of hydrogen-bond donors (Lipinski definition) is 0. The number of aryl methyl sites for hydroxylation is 1. The maximum Gasteiger partial charge on any atom is 0.179 e. The first-order chi connectivity index (χ1) is 4.33. The van der Waals surface area contributed by atoms with E-state index < -0.39 is 0 Å². The van der Waals surface area contributed by atoms with E-state index in [4.69, 9.17) is 0 Å². The van der Waals surface area contributed by atoms with Crippen molar-refractivity contribution in [2.24, 2.45) is 0 Å². The van der Waals surface area contributed by atoms with Crippen molar-refractivity contribution in [3.05, 3.63) is 23.9 Å². The zero-order valence-electron chi connectivity index (χ0n) is 5.89. The second-order valence-corrected chi connectivity index (χ2v) is 2.12. The summed E-state index contributed by atoms with van der Waals surface area (Å²) in [5.74, 6) is 0. The van der Waals surface area contributed by atoms with Crippen molar-refractivity contribution in [2.45, 2.75) is 13.7 Å². The van der Waals surface area contributed by atoms with Gasteiger partial charge in [-0.25, -0.2) is 0 Å². The number of pyridine rings is 1. The van der Waals surface area contributed by atoms with Gasteiger partial charge in [0.05, 0.1) is 0 Å². The third-order valence-corrected chi connectivity index (χ3v) is 1.31. The van der Waals surface area contributed by atoms with Gasteiger partial charge in [0.25, 0.3) is 0 Å². The molecule has 0 aliphatic rings. The van der Waals surface area contributed by atoms with Crippen LogP contribution in [0.4, 0.5) is 0 Å². The molecule has 0 unspecified atom stereocenters. The van der Waals surface area contributed by atoms with Crippen molar-refractivity contribution < 1.29 is 0 Å². The summed E-state index contributed by atoms with van der Waals surface area (Å²) in [5, 5.41) is 0. The summed E-state index contributed by atoms with van der Waals surface area (Å²) in [6.07, 6.45) is 0. The quantitative estimate of drug-likeness (QED) is 0.490. The molecule has 1 heterocycles. The minimum Gasteiger partial charge on any atom is -0.269 e. The van der Waals surface area contributed by atoms with E-state index in [2.05, 4.69) is 11.8 Å². The lowest BCUT2D eigenvalue weighted by Gasteiger charge is -1.93. The molecule has 9 heavy (non-hydrogen) atoms. The molecule has 0 saturated heterocycles. The maximum absolute atomic E-state index is 4.29. The molecule has 0 saturated carbocycles. The molecule has 1 aromatic rings. The standard InChI is InChI=1S/C7H10BN/c1-6-4-3-5-7(8-2)9-6/h3-5,8H,1-2H3. The van der Waals surface area contributed by atoms with Crippen molar-refractivity contribution in [2.75, 3.05) is 0 Å². The molecule has 0 aliphatic heterocycles. The smallest absolute Gasteiger partial charge is 0.179 e. The lowest BCUT2D eigenvalue weighted by Crippen LogP contribution is -2.14. The third kappa shape index (κ3) is 1.56. The zero-order valence-corrected chi connectivity index (χ0v) is 5.89. The normalized spacial score (nSPS) is 9.11. The average molecular weight is 119 g/mol. The fourth-order valence-electron chi connectivity index (χ4n) is 0.796. The predicted octanol–water partition coefficient (Wildman–Crippen LogP) is 0.500. The van der Waals surface area contributed by atoms with Gasteiger partial charge in [-0.15, -0.1) is 0 Å². The first-order valence-electron chi connectivity index (χ1n) is 3.25. The van der Waals surface area contributed by atoms with Gasteiger partial charge < -0.3 is 0 Å². The van der Waals surface area contributed by atoms with Crippen LogP contribution >= 0.6 is 0 Å². The summed E-state index contributed by atoms with van der Waals surface area (Å²) in [5.41, 5.74) is 2.28. The molecule has 0 atom stereocenters. The molecular weight excluding hydrogens is 109 g/mol. The van der Waals surface area contributed by atoms with E-state index in [0.717, 1.165) is 13.0 Å². The van der Waals surface area contributed by atoms with Crippen molar-refractivity contribution in [3.63, 3.8) is 0 Å². The van der Waals surface area contributed by atoms with Crippen LogP contribution in [0.25, 0.3) is 0 Å². The summed E-state index contributed by atoms with van der Waals surface area (Å²) in [7, 11) is 1.03. The highest BCUT2D eigenvalue weighted by molar-refractivity contribution is 6.50. The molecule has 0 N–H and O–H groups in total. The van der Waals surface area contributed by atoms with Gasteiger partial charge >= 0.3 is 0 Å². The Morgan fingerprint density at radius 2 is 2.22 bits per heavy atom. The van der Waals surface area contributed by atoms with Crippen LogP contribution in [-0.2, 0) is 0 Å². The van der Waals surface area contributed by atoms with Gasteiger partial charge in [-0.05, 0) is 18.6 Å². The van der Waals surface area contributed by atoms with Crippen LogP contribution in [0.1, 0.15) is 5.69 Å². The van der Waals surface area contributed by atoms with Gasteiger partial charge in [-0.3, -0.25) is 4.98 Å². The third-order valence-electron chi connectivity index (χ3n) is 1.31. The summed E-state index contributed by atoms with van der Waals surface area (Å²) in [4.78, 5) is 4.29. The molecular formula is C7H10BN. The first kappa shape index (κ1) is 6.34. The number of nitrogens with zero attached hydrogens (tertiary/aromatic N) is 1. The average Bonchev–Trinajstić information content (AvgIpc) is 1.88. The topological polar surface area (TPSA) is 12.9 Å². The Morgan fingerprint density at radius 3 is 2.67 bits per heavy atom. The molecule has 0 aromatic carbocycles. The van der Waals surface area contributed by atoms with E-state index in [1.165, 1.54) is 5.59 Å². The van der Waals surface area contributed by atoms with Crippen LogP contribution in [0.3, 0.4) is 0 Å². The van der Waals surface area contributed by atoms with Crippen molar-refractivity contribution in [1.82, 2.24) is 4.98 Å². The highest BCUT2D eigenvalue weighted by Crippen LogP contribution is 1.85. The van der Waals surface area contributed by atoms with Crippen molar-refractivity contribution in [3.8, 4) is 0 Å². The Hall–Kier alpha value is -0.785. The van der Waals surface area contributed by atoms with Crippen LogP contribution in [0.2, 0.25) is 6.82 Å². The molecule has 1 aromatic heterocycles. The molecule has 0 spiro atoms. The largest absolute Gasteiger partial charge is 0.269 e. The Kier molecular flexibility index (Phi) is 1.88. The Labute approximate surface area is 56.4 Å². The summed E-state index contributed by atoms with van der Waals surface area (Å²) < 4.78 is 0. The van der Waals surface area contributed by atoms with E-state index in [-0.39, 0.29) is 0 Å². The van der Waals surface area contributed by atoms with Gasteiger partial charge in [0.2, 0.25) is 0 Å². The predicted molar refractivity (Wildman–Crippen MR) is 41.6 cm³/mol. The van der Waals surface area contributed by atoms with Gasteiger partial charge in [0.1, 0.15) is 0 Å². The van der Waals surface area contributed by atoms with Crippen LogP contribution < -0.4 is 5.59 Å². The highest BCUT2D eigenvalue weighted by atomic mass is 14.7. The fraction of sp³-hybridized carbons (Fsp3) is 0.286. The Morgan fingerprint density at radius 1 is 1.44 bits per heavy atom. The monoisotopic (exact) mass is 119 g/mol. The minimum atomic E-state index is 1.03. The molecule has 1 nitrogen and oxygen atoms in total. The lowest BCUT2D eigenvalue weighted by molar-refractivity contribution is 1.24. The molecule has 0 fully saturated rings. The van der Waals surface area contributed by atoms with Gasteiger partial charge in [-0.1, -0.05) is 19.0 Å². The van der Waals surface area contributed by atoms with E-state index in [1.54, 1.807) is 0 Å². The second-order valence-electron chi connectivity index (χ2n) is 2.12. The van der Waals surface area contributed by atoms with Gasteiger partial charge in [-0.2, -0.15) is 0 Å². The summed E-state index contributed by atoms with van der Waals surface area (Å²) >= 11 is 0. The van der Waals surface area contributed by atoms with E-state index >= 15 is 0 Å². The number of rotatable bonds is 1. The van der Waals surface area contributed by atoms with Gasteiger partial charge in [0, 0.05) is 5.69 Å². The fourth-order valence-corrected chi connectivity index (χ4v) is 0.796. The maximum atomic E-state index is 4.29. The van der Waals surface area contributed by atoms with Crippen LogP contribution in [0, 0.1) is 6.92 Å². The molecule has 0 aliphatic carbocycles. The molecule has 2 heteroatoms. The second kappa shape index (κ2) is 2.67. The number of hydrogen-bond acceptors (Lipinski definition) is 1. The number of aromatic nitrogens is 1. The van der Waals surface area contributed by atoms with E-state index in [9.17, 15) is 0 Å². The van der Waals surface area contributed by atoms with Crippen molar-refractivity contribution in [1.29, 1.82) is 0 Å². The highest BCUT2D eigenvalue weighted by Gasteiger charge is 1.89. The molecule has 0 amide bonds. The SMILES string of the molecule is CBc1cccc(C)n1. The van der Waals surface area contributed by atoms with Crippen LogP contribution in [-0.4, -0.2) is 12.3 Å². The van der Waals surface area contributed by atoms with E-state index in [1.807, 2.05) is 25.1 Å². The Balaban J connectivity index is 2.94. The zero-order chi connectivity index (χ0) is 6.69. The molecule has 0 radical (unpaired) electrons. The first-order valence-corrected chi connectivity index (χ1v) is 3.25. The van der Waals surface area contributed by atoms with Crippen LogP contribution in [0.5, 0.6) is 0 Å². The molecule has 46 valence electrons. The Bertz CT molecular complexity index is 198. The summed E-state index contributed by atoms with van der Waals surface area (Å²) in [6, 6.07) is 6.10. The molecule has 1 rings (SSSR count).